The molecular formula is C28H33NO8. The number of aldehydes is 1. The molecule has 0 saturated heterocycles. The number of carbonyl (C=O) groups is 4. The van der Waals surface area contributed by atoms with Gasteiger partial charge in [-0.05, 0) is 57.0 Å². The number of hydrogen-bond acceptors (Lipinski definition) is 9. The third-order valence-corrected chi connectivity index (χ3v) is 8.55. The molecule has 0 aromatic heterocycles. The molecule has 0 fully saturated rings. The number of phenols is 1. The van der Waals surface area contributed by atoms with E-state index in [1.54, 1.807) is 38.9 Å². The van der Waals surface area contributed by atoms with Crippen LogP contribution in [0, 0.1) is 10.8 Å². The van der Waals surface area contributed by atoms with E-state index in [9.17, 15) is 39.6 Å². The van der Waals surface area contributed by atoms with Crippen LogP contribution in [0.2, 0.25) is 0 Å². The van der Waals surface area contributed by atoms with E-state index >= 15 is 0 Å². The highest BCUT2D eigenvalue weighted by atomic mass is 16.4. The Morgan fingerprint density at radius 2 is 1.76 bits per heavy atom. The molecule has 1 aromatic carbocycles. The van der Waals surface area contributed by atoms with E-state index in [2.05, 4.69) is 0 Å². The van der Waals surface area contributed by atoms with Crippen molar-refractivity contribution in [3.63, 3.8) is 0 Å². The van der Waals surface area contributed by atoms with E-state index in [0.29, 0.717) is 17.4 Å². The van der Waals surface area contributed by atoms with Crippen molar-refractivity contribution < 1.29 is 39.6 Å². The molecule has 4 N–H and O–H groups in total. The summed E-state index contributed by atoms with van der Waals surface area (Å²) in [6, 6.07) is 0.514. The first kappa shape index (κ1) is 26.8. The van der Waals surface area contributed by atoms with Gasteiger partial charge >= 0.3 is 0 Å². The maximum atomic E-state index is 14.0. The second-order valence-electron chi connectivity index (χ2n) is 11.6. The number of Topliss-reactive ketones (excluding diaryl/α,β-unsaturated/α-hetero) is 3. The second-order valence-corrected chi connectivity index (χ2v) is 11.6. The topological polar surface area (TPSA) is 152 Å². The van der Waals surface area contributed by atoms with Crippen LogP contribution in [0.25, 0.3) is 0 Å². The van der Waals surface area contributed by atoms with E-state index in [1.165, 1.54) is 0 Å². The predicted octanol–water partition coefficient (Wildman–Crippen LogP) is 2.94. The van der Waals surface area contributed by atoms with Crippen molar-refractivity contribution in [1.82, 2.24) is 4.90 Å². The fourth-order valence-corrected chi connectivity index (χ4v) is 7.16. The Kier molecular flexibility index (Phi) is 5.86. The molecule has 9 nitrogen and oxygen atoms in total. The minimum absolute atomic E-state index is 0.0152. The van der Waals surface area contributed by atoms with E-state index < -0.39 is 62.7 Å². The van der Waals surface area contributed by atoms with Gasteiger partial charge in [0.05, 0.1) is 17.2 Å². The lowest BCUT2D eigenvalue weighted by Crippen LogP contribution is -2.70. The number of allylic oxidation sites excluding steroid dienone is 1. The molecule has 0 saturated carbocycles. The molecule has 0 amide bonds. The first-order valence-corrected chi connectivity index (χ1v) is 12.2. The Bertz CT molecular complexity index is 1350. The first-order valence-electron chi connectivity index (χ1n) is 12.2. The monoisotopic (exact) mass is 511 g/mol. The summed E-state index contributed by atoms with van der Waals surface area (Å²) in [6.45, 7) is 8.15. The van der Waals surface area contributed by atoms with Gasteiger partial charge in [0, 0.05) is 16.4 Å². The van der Waals surface area contributed by atoms with E-state index in [1.807, 2.05) is 13.8 Å². The summed E-state index contributed by atoms with van der Waals surface area (Å²) in [4.78, 5) is 53.3. The molecule has 1 aromatic rings. The van der Waals surface area contributed by atoms with Gasteiger partial charge in [0.2, 0.25) is 5.78 Å². The number of aromatic hydroxyl groups is 1. The standard InChI is InChI=1S/C28H33NO8/c1-12(2)15-8-14(10-30)20(32)18-16(15)9-26(4)11-27(5)23(29(6)7)22(34)17(13(3)31)24(35)28(27,37)25(36)19(26)21(18)33/h8,10,12,23,32,34,36-37H,9,11H2,1-7H3/t23?,26-,27-,28+/m1/s1. The number of carbonyl (C=O) groups excluding carboxylic acids is 4. The van der Waals surface area contributed by atoms with Gasteiger partial charge in [-0.15, -0.1) is 0 Å². The highest BCUT2D eigenvalue weighted by Crippen LogP contribution is 2.63. The summed E-state index contributed by atoms with van der Waals surface area (Å²) in [5, 5.41) is 45.6. The maximum Gasteiger partial charge on any atom is 0.209 e. The van der Waals surface area contributed by atoms with Crippen molar-refractivity contribution in [2.75, 3.05) is 14.1 Å². The van der Waals surface area contributed by atoms with Gasteiger partial charge in [0.15, 0.2) is 23.5 Å². The largest absolute Gasteiger partial charge is 0.510 e. The summed E-state index contributed by atoms with van der Waals surface area (Å²) in [7, 11) is 3.24. The number of ketones is 3. The van der Waals surface area contributed by atoms with E-state index in [0.717, 1.165) is 6.92 Å². The molecule has 1 unspecified atom stereocenters. The Morgan fingerprint density at radius 3 is 2.24 bits per heavy atom. The minimum Gasteiger partial charge on any atom is -0.510 e. The normalized spacial score (nSPS) is 31.5. The van der Waals surface area contributed by atoms with Gasteiger partial charge < -0.3 is 20.4 Å². The fraction of sp³-hybridized carbons (Fsp3) is 0.500. The van der Waals surface area contributed by atoms with Crippen LogP contribution in [0.15, 0.2) is 28.7 Å². The van der Waals surface area contributed by atoms with Crippen molar-refractivity contribution in [2.24, 2.45) is 10.8 Å². The molecule has 0 spiro atoms. The molecular weight excluding hydrogens is 478 g/mol. The Labute approximate surface area is 215 Å². The fourth-order valence-electron chi connectivity index (χ4n) is 7.16. The summed E-state index contributed by atoms with van der Waals surface area (Å²) < 4.78 is 0. The average molecular weight is 512 g/mol. The van der Waals surface area contributed by atoms with E-state index in [-0.39, 0.29) is 35.5 Å². The molecule has 3 aliphatic carbocycles. The highest BCUT2D eigenvalue weighted by Gasteiger charge is 2.71. The number of aliphatic hydroxyl groups excluding tert-OH is 2. The van der Waals surface area contributed by atoms with E-state index in [4.69, 9.17) is 0 Å². The molecule has 0 aliphatic heterocycles. The molecule has 4 atom stereocenters. The quantitative estimate of drug-likeness (QED) is 0.353. The summed E-state index contributed by atoms with van der Waals surface area (Å²) in [5.74, 6) is -4.78. The van der Waals surface area contributed by atoms with Crippen molar-refractivity contribution >= 4 is 23.6 Å². The number of fused-ring (bicyclic) bond motifs is 3. The number of rotatable bonds is 4. The first-order chi connectivity index (χ1) is 17.0. The van der Waals surface area contributed by atoms with Crippen LogP contribution in [0.3, 0.4) is 0 Å². The molecule has 0 radical (unpaired) electrons. The summed E-state index contributed by atoms with van der Waals surface area (Å²) >= 11 is 0. The zero-order valence-electron chi connectivity index (χ0n) is 22.1. The smallest absolute Gasteiger partial charge is 0.209 e. The molecule has 4 rings (SSSR count). The van der Waals surface area contributed by atoms with Gasteiger partial charge in [0.1, 0.15) is 22.8 Å². The lowest BCUT2D eigenvalue weighted by Gasteiger charge is -2.59. The number of phenolic OH excluding ortho intramolecular Hbond substituents is 1. The number of hydrogen-bond donors (Lipinski definition) is 4. The second kappa shape index (κ2) is 8.10. The number of benzene rings is 1. The van der Waals surface area contributed by atoms with Gasteiger partial charge in [-0.1, -0.05) is 27.7 Å². The predicted molar refractivity (Wildman–Crippen MR) is 134 cm³/mol. The van der Waals surface area contributed by atoms with Gasteiger partial charge in [0.25, 0.3) is 0 Å². The minimum atomic E-state index is -2.70. The SMILES string of the molecule is CC(=O)C1=C(O)C(N(C)C)[C@@]2(C)C[C@@]3(C)Cc4c(C(C)C)cc(C=O)c(O)c4C(=O)C3=C(O)[C@@]2(O)C1=O. The lowest BCUT2D eigenvalue weighted by molar-refractivity contribution is -0.169. The third-order valence-electron chi connectivity index (χ3n) is 8.55. The third kappa shape index (κ3) is 3.16. The Hall–Kier alpha value is -3.30. The zero-order valence-corrected chi connectivity index (χ0v) is 22.1. The van der Waals surface area contributed by atoms with Crippen LogP contribution in [0.5, 0.6) is 5.75 Å². The van der Waals surface area contributed by atoms with Crippen LogP contribution >= 0.6 is 0 Å². The van der Waals surface area contributed by atoms with Crippen LogP contribution in [-0.2, 0) is 16.0 Å². The molecule has 0 heterocycles. The van der Waals surface area contributed by atoms with Gasteiger partial charge in [-0.25, -0.2) is 0 Å². The van der Waals surface area contributed by atoms with Crippen LogP contribution in [0.4, 0.5) is 0 Å². The molecule has 3 aliphatic rings. The van der Waals surface area contributed by atoms with Crippen LogP contribution < -0.4 is 0 Å². The van der Waals surface area contributed by atoms with Crippen molar-refractivity contribution in [1.29, 1.82) is 0 Å². The highest BCUT2D eigenvalue weighted by molar-refractivity contribution is 6.25. The van der Waals surface area contributed by atoms with Gasteiger partial charge in [-0.3, -0.25) is 24.1 Å². The van der Waals surface area contributed by atoms with Crippen molar-refractivity contribution in [3.05, 3.63) is 51.0 Å². The Balaban J connectivity index is 2.11. The molecule has 9 heteroatoms. The zero-order chi connectivity index (χ0) is 28.0. The molecule has 37 heavy (non-hydrogen) atoms. The summed E-state index contributed by atoms with van der Waals surface area (Å²) in [5.41, 5.74) is -5.23. The van der Waals surface area contributed by atoms with Crippen molar-refractivity contribution in [2.45, 2.75) is 65.0 Å². The number of likely N-dealkylation sites (N-methyl/N-ethyl adjacent to an activating group) is 1. The maximum absolute atomic E-state index is 14.0. The average Bonchev–Trinajstić information content (AvgIpc) is 2.75. The van der Waals surface area contributed by atoms with Crippen LogP contribution in [-0.4, -0.2) is 74.7 Å². The number of aliphatic hydroxyl groups is 3. The van der Waals surface area contributed by atoms with Crippen LogP contribution in [0.1, 0.15) is 78.8 Å². The molecule has 0 bridgehead atoms. The Morgan fingerprint density at radius 1 is 1.16 bits per heavy atom. The molecule has 198 valence electrons. The van der Waals surface area contributed by atoms with Gasteiger partial charge in [-0.2, -0.15) is 0 Å². The lowest BCUT2D eigenvalue weighted by atomic mass is 9.47. The van der Waals surface area contributed by atoms with Crippen molar-refractivity contribution in [3.8, 4) is 5.75 Å². The number of nitrogens with zero attached hydrogens (tertiary/aromatic N) is 1. The summed E-state index contributed by atoms with van der Waals surface area (Å²) in [6.07, 6.45) is 0.595.